The molecule has 0 saturated heterocycles. The highest BCUT2D eigenvalue weighted by molar-refractivity contribution is 5.87. The van der Waals surface area contributed by atoms with Crippen molar-refractivity contribution < 1.29 is 24.9 Å². The Hall–Kier alpha value is -3.71. The van der Waals surface area contributed by atoms with Crippen LogP contribution in [-0.2, 0) is 0 Å². The lowest BCUT2D eigenvalue weighted by Gasteiger charge is -2.11. The number of nitriles is 2. The zero-order chi connectivity index (χ0) is 16.3. The van der Waals surface area contributed by atoms with E-state index in [1.807, 2.05) is 0 Å². The number of ether oxygens (including phenoxy) is 1. The first-order valence-corrected chi connectivity index (χ1v) is 5.88. The van der Waals surface area contributed by atoms with E-state index in [0.717, 1.165) is 6.07 Å². The minimum absolute atomic E-state index is 0.0434. The molecule has 0 heterocycles. The number of rotatable bonds is 3. The molecular weight excluding hydrogens is 288 g/mol. The highest BCUT2D eigenvalue weighted by Gasteiger charge is 2.19. The average Bonchev–Trinajstić information content (AvgIpc) is 2.51. The lowest BCUT2D eigenvalue weighted by atomic mass is 10.1. The molecule has 2 aromatic rings. The van der Waals surface area contributed by atoms with Crippen LogP contribution in [0.4, 0.5) is 0 Å². The molecule has 7 heteroatoms. The van der Waals surface area contributed by atoms with Gasteiger partial charge in [-0.3, -0.25) is 0 Å². The third kappa shape index (κ3) is 2.60. The molecule has 0 aliphatic heterocycles. The van der Waals surface area contributed by atoms with Crippen molar-refractivity contribution in [2.24, 2.45) is 0 Å². The molecule has 0 aliphatic rings. The third-order valence-corrected chi connectivity index (χ3v) is 2.79. The molecule has 0 spiro atoms. The summed E-state index contributed by atoms with van der Waals surface area (Å²) in [5.74, 6) is -2.46. The number of phenolic OH excluding ortho intramolecular Hbond substituents is 2. The summed E-state index contributed by atoms with van der Waals surface area (Å²) in [5.41, 5.74) is -0.491. The van der Waals surface area contributed by atoms with Crippen molar-refractivity contribution in [2.75, 3.05) is 0 Å². The van der Waals surface area contributed by atoms with Crippen molar-refractivity contribution in [1.82, 2.24) is 0 Å². The summed E-state index contributed by atoms with van der Waals surface area (Å²) in [7, 11) is 0. The SMILES string of the molecule is N#Cc1cc(O)c(O)c(C#N)c1Oc1ccc(C(=O)O)cc1. The van der Waals surface area contributed by atoms with E-state index in [1.54, 1.807) is 12.1 Å². The van der Waals surface area contributed by atoms with Gasteiger partial charge in [0.25, 0.3) is 0 Å². The van der Waals surface area contributed by atoms with Crippen LogP contribution in [0.3, 0.4) is 0 Å². The summed E-state index contributed by atoms with van der Waals surface area (Å²) in [5, 5.41) is 46.0. The monoisotopic (exact) mass is 296 g/mol. The zero-order valence-electron chi connectivity index (χ0n) is 10.9. The van der Waals surface area contributed by atoms with E-state index >= 15 is 0 Å². The van der Waals surface area contributed by atoms with Crippen molar-refractivity contribution in [1.29, 1.82) is 10.5 Å². The molecular formula is C15H8N2O5. The van der Waals surface area contributed by atoms with Gasteiger partial charge in [0.1, 0.15) is 23.5 Å². The molecule has 2 rings (SSSR count). The fraction of sp³-hybridized carbons (Fsp3) is 0. The van der Waals surface area contributed by atoms with Gasteiger partial charge in [0.2, 0.25) is 0 Å². The first-order valence-electron chi connectivity index (χ1n) is 5.88. The number of aromatic carboxylic acids is 1. The predicted molar refractivity (Wildman–Crippen MR) is 72.7 cm³/mol. The van der Waals surface area contributed by atoms with Gasteiger partial charge in [0.15, 0.2) is 17.2 Å². The topological polar surface area (TPSA) is 135 Å². The number of nitrogens with zero attached hydrogens (tertiary/aromatic N) is 2. The van der Waals surface area contributed by atoms with E-state index in [0.29, 0.717) is 0 Å². The van der Waals surface area contributed by atoms with Crippen LogP contribution in [0.5, 0.6) is 23.0 Å². The molecule has 108 valence electrons. The van der Waals surface area contributed by atoms with Gasteiger partial charge in [0.05, 0.1) is 11.1 Å². The Morgan fingerprint density at radius 2 is 1.73 bits per heavy atom. The minimum Gasteiger partial charge on any atom is -0.504 e. The molecule has 0 aliphatic carbocycles. The largest absolute Gasteiger partial charge is 0.504 e. The first kappa shape index (κ1) is 14.7. The number of phenols is 2. The van der Waals surface area contributed by atoms with E-state index in [-0.39, 0.29) is 28.2 Å². The molecule has 3 N–H and O–H groups in total. The van der Waals surface area contributed by atoms with Gasteiger partial charge in [-0.05, 0) is 24.3 Å². The minimum atomic E-state index is -1.11. The summed E-state index contributed by atoms with van der Waals surface area (Å²) < 4.78 is 5.38. The Kier molecular flexibility index (Phi) is 3.83. The molecule has 7 nitrogen and oxygen atoms in total. The van der Waals surface area contributed by atoms with E-state index in [4.69, 9.17) is 20.4 Å². The third-order valence-electron chi connectivity index (χ3n) is 2.79. The molecule has 0 bridgehead atoms. The highest BCUT2D eigenvalue weighted by atomic mass is 16.5. The lowest BCUT2D eigenvalue weighted by molar-refractivity contribution is 0.0697. The predicted octanol–water partition coefficient (Wildman–Crippen LogP) is 2.33. The van der Waals surface area contributed by atoms with Gasteiger partial charge in [0, 0.05) is 6.07 Å². The smallest absolute Gasteiger partial charge is 0.335 e. The Bertz CT molecular complexity index is 829. The van der Waals surface area contributed by atoms with Gasteiger partial charge < -0.3 is 20.1 Å². The summed E-state index contributed by atoms with van der Waals surface area (Å²) in [4.78, 5) is 10.8. The van der Waals surface area contributed by atoms with E-state index < -0.39 is 17.5 Å². The van der Waals surface area contributed by atoms with E-state index in [9.17, 15) is 15.0 Å². The van der Waals surface area contributed by atoms with Gasteiger partial charge in [-0.15, -0.1) is 0 Å². The van der Waals surface area contributed by atoms with Gasteiger partial charge >= 0.3 is 5.97 Å². The Morgan fingerprint density at radius 1 is 1.09 bits per heavy atom. The zero-order valence-corrected chi connectivity index (χ0v) is 10.9. The average molecular weight is 296 g/mol. The van der Waals surface area contributed by atoms with Crippen LogP contribution in [-0.4, -0.2) is 21.3 Å². The quantitative estimate of drug-likeness (QED) is 0.739. The number of benzene rings is 2. The molecule has 0 amide bonds. The van der Waals surface area contributed by atoms with E-state index in [2.05, 4.69) is 0 Å². The highest BCUT2D eigenvalue weighted by Crippen LogP contribution is 2.40. The fourth-order valence-electron chi connectivity index (χ4n) is 1.72. The first-order chi connectivity index (χ1) is 10.5. The van der Waals surface area contributed by atoms with Gasteiger partial charge in [-0.1, -0.05) is 0 Å². The number of hydrogen-bond acceptors (Lipinski definition) is 6. The summed E-state index contributed by atoms with van der Waals surface area (Å²) in [6.45, 7) is 0. The fourth-order valence-corrected chi connectivity index (χ4v) is 1.72. The lowest BCUT2D eigenvalue weighted by Crippen LogP contribution is -1.97. The second-order valence-electron chi connectivity index (χ2n) is 4.15. The summed E-state index contributed by atoms with van der Waals surface area (Å²) in [6.07, 6.45) is 0. The second-order valence-corrected chi connectivity index (χ2v) is 4.15. The molecule has 0 aromatic heterocycles. The molecule has 2 aromatic carbocycles. The van der Waals surface area contributed by atoms with Crippen LogP contribution >= 0.6 is 0 Å². The Balaban J connectivity index is 2.49. The normalized spacial score (nSPS) is 9.55. The van der Waals surface area contributed by atoms with Crippen LogP contribution < -0.4 is 4.74 Å². The van der Waals surface area contributed by atoms with Crippen molar-refractivity contribution in [3.63, 3.8) is 0 Å². The van der Waals surface area contributed by atoms with Crippen LogP contribution in [0.1, 0.15) is 21.5 Å². The Labute approximate surface area is 124 Å². The van der Waals surface area contributed by atoms with Gasteiger partial charge in [-0.2, -0.15) is 10.5 Å². The Morgan fingerprint density at radius 3 is 2.23 bits per heavy atom. The number of aromatic hydroxyl groups is 2. The maximum atomic E-state index is 10.8. The standard InChI is InChI=1S/C15H8N2O5/c16-6-9-5-12(18)13(19)11(7-17)14(9)22-10-3-1-8(2-4-10)15(20)21/h1-5,18-19H,(H,20,21). The molecule has 0 radical (unpaired) electrons. The maximum absolute atomic E-state index is 10.8. The summed E-state index contributed by atoms with van der Waals surface area (Å²) in [6, 6.07) is 9.63. The number of carboxylic acids is 1. The van der Waals surface area contributed by atoms with Crippen LogP contribution in [0.25, 0.3) is 0 Å². The molecule has 0 saturated carbocycles. The van der Waals surface area contributed by atoms with Crippen LogP contribution in [0.2, 0.25) is 0 Å². The molecule has 22 heavy (non-hydrogen) atoms. The van der Waals surface area contributed by atoms with E-state index in [1.165, 1.54) is 24.3 Å². The van der Waals surface area contributed by atoms with Crippen molar-refractivity contribution in [3.05, 3.63) is 47.0 Å². The number of hydrogen-bond donors (Lipinski definition) is 3. The summed E-state index contributed by atoms with van der Waals surface area (Å²) >= 11 is 0. The second kappa shape index (κ2) is 5.73. The number of carbonyl (C=O) groups is 1. The molecule has 0 atom stereocenters. The maximum Gasteiger partial charge on any atom is 0.335 e. The molecule has 0 fully saturated rings. The van der Waals surface area contributed by atoms with Crippen LogP contribution in [0.15, 0.2) is 30.3 Å². The van der Waals surface area contributed by atoms with Crippen molar-refractivity contribution in [3.8, 4) is 35.1 Å². The van der Waals surface area contributed by atoms with Crippen molar-refractivity contribution >= 4 is 5.97 Å². The van der Waals surface area contributed by atoms with Crippen molar-refractivity contribution in [2.45, 2.75) is 0 Å². The molecule has 0 unspecified atom stereocenters. The van der Waals surface area contributed by atoms with Crippen LogP contribution in [0, 0.1) is 22.7 Å². The number of carboxylic acid groups (broad SMARTS) is 1. The van der Waals surface area contributed by atoms with Gasteiger partial charge in [-0.25, -0.2) is 4.79 Å².